The first kappa shape index (κ1) is 19.0. The minimum Gasteiger partial charge on any atom is -0.489 e. The molecule has 0 saturated carbocycles. The van der Waals surface area contributed by atoms with Crippen LogP contribution in [0.3, 0.4) is 0 Å². The minimum atomic E-state index is -5.06. The SMILES string of the molecule is Fc1cc(COc2cccc([B-](F)(F)F)c2)ccc1Cl.[K+]. The molecule has 8 heteroatoms. The van der Waals surface area contributed by atoms with Gasteiger partial charge in [0.25, 0.3) is 0 Å². The van der Waals surface area contributed by atoms with E-state index in [0.29, 0.717) is 5.56 Å². The molecule has 0 spiro atoms. The minimum absolute atomic E-state index is 0. The molecule has 21 heavy (non-hydrogen) atoms. The van der Waals surface area contributed by atoms with Gasteiger partial charge < -0.3 is 17.7 Å². The molecule has 0 amide bonds. The molecule has 0 radical (unpaired) electrons. The van der Waals surface area contributed by atoms with Gasteiger partial charge in [-0.2, -0.15) is 0 Å². The van der Waals surface area contributed by atoms with E-state index in [1.165, 1.54) is 24.3 Å². The van der Waals surface area contributed by atoms with Gasteiger partial charge in [-0.15, -0.1) is 5.46 Å². The van der Waals surface area contributed by atoms with Crippen LogP contribution in [0.2, 0.25) is 5.02 Å². The molecule has 1 nitrogen and oxygen atoms in total. The second-order valence-corrected chi connectivity index (χ2v) is 4.59. The van der Waals surface area contributed by atoms with Gasteiger partial charge >= 0.3 is 58.4 Å². The zero-order chi connectivity index (χ0) is 14.8. The van der Waals surface area contributed by atoms with Crippen molar-refractivity contribution in [2.24, 2.45) is 0 Å². The predicted molar refractivity (Wildman–Crippen MR) is 70.9 cm³/mol. The Balaban J connectivity index is 0.00000220. The van der Waals surface area contributed by atoms with E-state index in [0.717, 1.165) is 12.1 Å². The van der Waals surface area contributed by atoms with Gasteiger partial charge in [-0.1, -0.05) is 29.8 Å². The molecule has 0 N–H and O–H groups in total. The Morgan fingerprint density at radius 3 is 2.38 bits per heavy atom. The van der Waals surface area contributed by atoms with Crippen molar-refractivity contribution in [3.63, 3.8) is 0 Å². The number of benzene rings is 2. The van der Waals surface area contributed by atoms with Crippen molar-refractivity contribution in [1.82, 2.24) is 0 Å². The topological polar surface area (TPSA) is 9.23 Å². The van der Waals surface area contributed by atoms with Gasteiger partial charge in [0.05, 0.1) is 5.02 Å². The molecular formula is C13H9BClF4KO. The molecule has 2 aromatic rings. The number of hydrogen-bond acceptors (Lipinski definition) is 1. The fraction of sp³-hybridized carbons (Fsp3) is 0.0769. The van der Waals surface area contributed by atoms with Gasteiger partial charge in [-0.3, -0.25) is 0 Å². The first-order chi connectivity index (χ1) is 9.36. The summed E-state index contributed by atoms with van der Waals surface area (Å²) in [6, 6.07) is 8.68. The molecule has 106 valence electrons. The van der Waals surface area contributed by atoms with Crippen LogP contribution in [0.1, 0.15) is 5.56 Å². The van der Waals surface area contributed by atoms with Gasteiger partial charge in [0.2, 0.25) is 0 Å². The fourth-order valence-electron chi connectivity index (χ4n) is 1.60. The molecule has 0 aliphatic heterocycles. The molecule has 0 bridgehead atoms. The molecule has 0 aliphatic rings. The molecule has 0 unspecified atom stereocenters. The van der Waals surface area contributed by atoms with E-state index in [1.54, 1.807) is 6.07 Å². The number of rotatable bonds is 4. The van der Waals surface area contributed by atoms with Crippen LogP contribution in [-0.2, 0) is 6.61 Å². The molecule has 0 heterocycles. The molecule has 0 saturated heterocycles. The zero-order valence-corrected chi connectivity index (χ0v) is 15.0. The summed E-state index contributed by atoms with van der Waals surface area (Å²) in [5.74, 6) is -0.516. The normalized spacial score (nSPS) is 10.9. The van der Waals surface area contributed by atoms with E-state index < -0.39 is 18.3 Å². The number of halogens is 5. The molecule has 0 atom stereocenters. The second kappa shape index (κ2) is 7.99. The maximum Gasteiger partial charge on any atom is 1.00 e. The monoisotopic (exact) mass is 342 g/mol. The summed E-state index contributed by atoms with van der Waals surface area (Å²) in [6.45, 7) is -5.10. The van der Waals surface area contributed by atoms with E-state index in [9.17, 15) is 17.3 Å². The quantitative estimate of drug-likeness (QED) is 0.598. The third kappa shape index (κ3) is 5.58. The Hall–Kier alpha value is -0.0487. The molecule has 2 aromatic carbocycles. The molecule has 0 aromatic heterocycles. The first-order valence-electron chi connectivity index (χ1n) is 5.73. The summed E-state index contributed by atoms with van der Waals surface area (Å²) in [5.41, 5.74) is -0.250. The van der Waals surface area contributed by atoms with Crippen molar-refractivity contribution < 1.29 is 73.5 Å². The Labute approximate surface area is 167 Å². The maximum absolute atomic E-state index is 13.2. The number of hydrogen-bond donors (Lipinski definition) is 0. The fourth-order valence-corrected chi connectivity index (χ4v) is 1.72. The van der Waals surface area contributed by atoms with Crippen LogP contribution in [0.5, 0.6) is 5.75 Å². The number of ether oxygens (including phenoxy) is 1. The smallest absolute Gasteiger partial charge is 0.489 e. The summed E-state index contributed by atoms with van der Waals surface area (Å²) in [5, 5.41) is -0.0180. The van der Waals surface area contributed by atoms with Crippen LogP contribution in [0.4, 0.5) is 17.3 Å². The Morgan fingerprint density at radius 2 is 1.76 bits per heavy atom. The van der Waals surface area contributed by atoms with Gasteiger partial charge in [-0.05, 0) is 29.8 Å². The summed E-state index contributed by atoms with van der Waals surface area (Å²) in [4.78, 5) is 0. The van der Waals surface area contributed by atoms with Gasteiger partial charge in [-0.25, -0.2) is 4.39 Å². The van der Waals surface area contributed by atoms with Crippen LogP contribution in [0, 0.1) is 5.82 Å². The Morgan fingerprint density at radius 1 is 1.05 bits per heavy atom. The molecular weight excluding hydrogens is 333 g/mol. The van der Waals surface area contributed by atoms with Gasteiger partial charge in [0.1, 0.15) is 18.2 Å². The van der Waals surface area contributed by atoms with E-state index in [4.69, 9.17) is 16.3 Å². The van der Waals surface area contributed by atoms with E-state index in [2.05, 4.69) is 0 Å². The van der Waals surface area contributed by atoms with Crippen LogP contribution in [-0.4, -0.2) is 6.98 Å². The second-order valence-electron chi connectivity index (χ2n) is 4.18. The first-order valence-corrected chi connectivity index (χ1v) is 6.11. The third-order valence-corrected chi connectivity index (χ3v) is 2.93. The van der Waals surface area contributed by atoms with E-state index >= 15 is 0 Å². The average molecular weight is 343 g/mol. The van der Waals surface area contributed by atoms with Crippen molar-refractivity contribution in [3.8, 4) is 5.75 Å². The van der Waals surface area contributed by atoms with Crippen LogP contribution >= 0.6 is 11.6 Å². The van der Waals surface area contributed by atoms with Crippen molar-refractivity contribution >= 4 is 24.0 Å². The zero-order valence-electron chi connectivity index (χ0n) is 11.1. The predicted octanol–water partition coefficient (Wildman–Crippen LogP) is 1.12. The summed E-state index contributed by atoms with van der Waals surface area (Å²) in [7, 11) is 0. The Kier molecular flexibility index (Phi) is 7.23. The largest absolute Gasteiger partial charge is 1.00 e. The standard InChI is InChI=1S/C13H9BClF4O.K/c15-12-5-4-9(6-13(12)16)8-20-11-3-1-2-10(7-11)14(17,18)19;/h1-7H,8H2;/q-1;+1. The van der Waals surface area contributed by atoms with Crippen LogP contribution < -0.4 is 61.6 Å². The van der Waals surface area contributed by atoms with Crippen LogP contribution in [0.15, 0.2) is 42.5 Å². The third-order valence-electron chi connectivity index (χ3n) is 2.63. The Bertz CT molecular complexity index is 621. The van der Waals surface area contributed by atoms with Crippen molar-refractivity contribution in [1.29, 1.82) is 0 Å². The van der Waals surface area contributed by atoms with Gasteiger partial charge in [0, 0.05) is 0 Å². The summed E-state index contributed by atoms with van der Waals surface area (Å²) >= 11 is 5.53. The molecule has 0 fully saturated rings. The van der Waals surface area contributed by atoms with Crippen molar-refractivity contribution in [2.45, 2.75) is 6.61 Å². The van der Waals surface area contributed by atoms with E-state index in [1.807, 2.05) is 0 Å². The van der Waals surface area contributed by atoms with Crippen molar-refractivity contribution in [2.75, 3.05) is 0 Å². The average Bonchev–Trinajstić information content (AvgIpc) is 2.39. The summed E-state index contributed by atoms with van der Waals surface area (Å²) < 4.78 is 56.1. The van der Waals surface area contributed by atoms with Crippen molar-refractivity contribution in [3.05, 3.63) is 58.9 Å². The maximum atomic E-state index is 13.2. The van der Waals surface area contributed by atoms with Gasteiger partial charge in [0.15, 0.2) is 0 Å². The van der Waals surface area contributed by atoms with Crippen LogP contribution in [0.25, 0.3) is 0 Å². The molecule has 2 rings (SSSR count). The molecule has 0 aliphatic carbocycles. The van der Waals surface area contributed by atoms with E-state index in [-0.39, 0.29) is 68.8 Å². The summed E-state index contributed by atoms with van der Waals surface area (Å²) in [6.07, 6.45) is 0.